The van der Waals surface area contributed by atoms with Crippen LogP contribution in [-0.2, 0) is 12.1 Å². The first kappa shape index (κ1) is 22.6. The van der Waals surface area contributed by atoms with Gasteiger partial charge in [0.05, 0.1) is 0 Å². The topological polar surface area (TPSA) is 40.6 Å². The van der Waals surface area contributed by atoms with Crippen LogP contribution in [0.25, 0.3) is 0 Å². The normalized spacial score (nSPS) is 21.2. The zero-order chi connectivity index (χ0) is 24.0. The van der Waals surface area contributed by atoms with E-state index in [1.807, 2.05) is 24.8 Å². The van der Waals surface area contributed by atoms with Crippen molar-refractivity contribution >= 4 is 11.6 Å². The Balaban J connectivity index is 1.48. The fourth-order valence-electron chi connectivity index (χ4n) is 5.28. The van der Waals surface area contributed by atoms with Gasteiger partial charge in [-0.1, -0.05) is 35.9 Å². The summed E-state index contributed by atoms with van der Waals surface area (Å²) in [5.74, 6) is -1.34. The van der Waals surface area contributed by atoms with Crippen LogP contribution in [0.15, 0.2) is 60.7 Å². The van der Waals surface area contributed by atoms with Gasteiger partial charge in [0.25, 0.3) is 0 Å². The van der Waals surface area contributed by atoms with Crippen LogP contribution in [0.3, 0.4) is 0 Å². The van der Waals surface area contributed by atoms with Crippen molar-refractivity contribution in [3.63, 3.8) is 0 Å². The summed E-state index contributed by atoms with van der Waals surface area (Å²) >= 11 is 0. The van der Waals surface area contributed by atoms with Crippen LogP contribution in [0.2, 0.25) is 0 Å². The number of piperazine rings is 1. The Hall–Kier alpha value is -3.22. The standard InChI is InChI=1S/C28H26F2N2O2/c1-18-6-9-24-25(14-18)27(34)28(26(24)33,21-4-3-5-22(29)16-21)32-12-10-31(11-13-32)17-20-15-23(30)8-7-19(20)2/h3-9,14-16H,10-13,17H2,1-2H3. The minimum atomic E-state index is -1.57. The van der Waals surface area contributed by atoms with Gasteiger partial charge in [-0.2, -0.15) is 0 Å². The van der Waals surface area contributed by atoms with E-state index in [2.05, 4.69) is 4.90 Å². The maximum atomic E-state index is 14.3. The number of halogens is 2. The molecule has 1 aliphatic heterocycles. The number of benzene rings is 3. The molecule has 0 spiro atoms. The van der Waals surface area contributed by atoms with E-state index in [9.17, 15) is 18.4 Å². The minimum Gasteiger partial charge on any atom is -0.297 e. The lowest BCUT2D eigenvalue weighted by Crippen LogP contribution is -2.60. The summed E-state index contributed by atoms with van der Waals surface area (Å²) in [6, 6.07) is 15.9. The van der Waals surface area contributed by atoms with Gasteiger partial charge in [-0.3, -0.25) is 19.4 Å². The van der Waals surface area contributed by atoms with Crippen LogP contribution in [0.1, 0.15) is 43.0 Å². The Bertz CT molecular complexity index is 1300. The number of carbonyl (C=O) groups excluding carboxylic acids is 2. The molecule has 1 aliphatic carbocycles. The summed E-state index contributed by atoms with van der Waals surface area (Å²) in [6.07, 6.45) is 0. The van der Waals surface area contributed by atoms with E-state index in [4.69, 9.17) is 0 Å². The lowest BCUT2D eigenvalue weighted by molar-refractivity contribution is 0.0278. The Labute approximate surface area is 197 Å². The second kappa shape index (κ2) is 8.53. The Morgan fingerprint density at radius 2 is 1.50 bits per heavy atom. The fraction of sp³-hybridized carbons (Fsp3) is 0.286. The molecule has 2 aliphatic rings. The van der Waals surface area contributed by atoms with Gasteiger partial charge in [0, 0.05) is 43.9 Å². The third-order valence-corrected chi connectivity index (χ3v) is 7.12. The molecule has 0 saturated carbocycles. The summed E-state index contributed by atoms with van der Waals surface area (Å²) in [4.78, 5) is 31.9. The number of ketones is 2. The van der Waals surface area contributed by atoms with E-state index >= 15 is 0 Å². The minimum absolute atomic E-state index is 0.264. The summed E-state index contributed by atoms with van der Waals surface area (Å²) in [6.45, 7) is 6.54. The molecule has 174 valence electrons. The van der Waals surface area contributed by atoms with Crippen LogP contribution < -0.4 is 0 Å². The third kappa shape index (κ3) is 3.58. The molecule has 0 N–H and O–H groups in total. The third-order valence-electron chi connectivity index (χ3n) is 7.12. The quantitative estimate of drug-likeness (QED) is 0.531. The van der Waals surface area contributed by atoms with Crippen molar-refractivity contribution in [2.75, 3.05) is 26.2 Å². The highest BCUT2D eigenvalue weighted by Crippen LogP contribution is 2.43. The van der Waals surface area contributed by atoms with Crippen LogP contribution in [0, 0.1) is 25.5 Å². The first-order chi connectivity index (χ1) is 16.3. The second-order valence-electron chi connectivity index (χ2n) is 9.26. The molecule has 0 radical (unpaired) electrons. The number of rotatable bonds is 4. The molecule has 1 heterocycles. The van der Waals surface area contributed by atoms with Gasteiger partial charge in [0.15, 0.2) is 17.1 Å². The van der Waals surface area contributed by atoms with Gasteiger partial charge in [0.2, 0.25) is 0 Å². The Morgan fingerprint density at radius 1 is 0.794 bits per heavy atom. The fourth-order valence-corrected chi connectivity index (χ4v) is 5.28. The van der Waals surface area contributed by atoms with Gasteiger partial charge in [-0.05, 0) is 60.9 Å². The molecular weight excluding hydrogens is 434 g/mol. The Kier molecular flexibility index (Phi) is 5.66. The molecular formula is C28H26F2N2O2. The van der Waals surface area contributed by atoms with E-state index in [-0.39, 0.29) is 17.4 Å². The summed E-state index contributed by atoms with van der Waals surface area (Å²) in [5, 5.41) is 0. The average Bonchev–Trinajstić information content (AvgIpc) is 3.04. The molecule has 3 aromatic carbocycles. The highest BCUT2D eigenvalue weighted by molar-refractivity contribution is 6.32. The van der Waals surface area contributed by atoms with Crippen LogP contribution in [0.5, 0.6) is 0 Å². The zero-order valence-electron chi connectivity index (χ0n) is 19.3. The van der Waals surface area contributed by atoms with Crippen molar-refractivity contribution in [1.82, 2.24) is 9.80 Å². The molecule has 6 heteroatoms. The molecule has 3 aromatic rings. The van der Waals surface area contributed by atoms with Crippen molar-refractivity contribution in [3.8, 4) is 0 Å². The number of hydrogen-bond acceptors (Lipinski definition) is 4. The lowest BCUT2D eigenvalue weighted by atomic mass is 9.82. The molecule has 1 fully saturated rings. The predicted octanol–water partition coefficient (Wildman–Crippen LogP) is 4.67. The molecule has 0 aromatic heterocycles. The van der Waals surface area contributed by atoms with Crippen molar-refractivity contribution in [3.05, 3.63) is 106 Å². The molecule has 0 bridgehead atoms. The number of Topliss-reactive ketones (excluding diaryl/α,β-unsaturated/α-hetero) is 2. The maximum Gasteiger partial charge on any atom is 0.196 e. The molecule has 34 heavy (non-hydrogen) atoms. The van der Waals surface area contributed by atoms with Gasteiger partial charge in [-0.25, -0.2) is 8.78 Å². The largest absolute Gasteiger partial charge is 0.297 e. The van der Waals surface area contributed by atoms with Gasteiger partial charge < -0.3 is 0 Å². The first-order valence-corrected chi connectivity index (χ1v) is 11.5. The Morgan fingerprint density at radius 3 is 2.24 bits per heavy atom. The monoisotopic (exact) mass is 460 g/mol. The first-order valence-electron chi connectivity index (χ1n) is 11.5. The smallest absolute Gasteiger partial charge is 0.196 e. The van der Waals surface area contributed by atoms with Gasteiger partial charge >= 0.3 is 0 Å². The molecule has 1 unspecified atom stereocenters. The summed E-state index contributed by atoms with van der Waals surface area (Å²) in [7, 11) is 0. The highest BCUT2D eigenvalue weighted by atomic mass is 19.1. The zero-order valence-corrected chi connectivity index (χ0v) is 19.3. The van der Waals surface area contributed by atoms with E-state index in [1.54, 1.807) is 36.4 Å². The van der Waals surface area contributed by atoms with Crippen molar-refractivity contribution in [2.24, 2.45) is 0 Å². The molecule has 1 saturated heterocycles. The summed E-state index contributed by atoms with van der Waals surface area (Å²) < 4.78 is 28.1. The SMILES string of the molecule is Cc1ccc2c(c1)C(=O)C(c1cccc(F)c1)(N1CCN(Cc3cc(F)ccc3C)CC1)C2=O. The highest BCUT2D eigenvalue weighted by Gasteiger charge is 2.58. The number of fused-ring (bicyclic) bond motifs is 1. The lowest BCUT2D eigenvalue weighted by Gasteiger charge is -2.44. The van der Waals surface area contributed by atoms with Crippen LogP contribution in [0.4, 0.5) is 8.78 Å². The summed E-state index contributed by atoms with van der Waals surface area (Å²) in [5.41, 5.74) is 2.41. The van der Waals surface area contributed by atoms with Crippen molar-refractivity contribution < 1.29 is 18.4 Å². The van der Waals surface area contributed by atoms with Gasteiger partial charge in [-0.15, -0.1) is 0 Å². The number of nitrogens with zero attached hydrogens (tertiary/aromatic N) is 2. The van der Waals surface area contributed by atoms with Crippen LogP contribution in [-0.4, -0.2) is 47.5 Å². The number of carbonyl (C=O) groups is 2. The van der Waals surface area contributed by atoms with Gasteiger partial charge in [0.1, 0.15) is 11.6 Å². The van der Waals surface area contributed by atoms with Crippen LogP contribution >= 0.6 is 0 Å². The number of aryl methyl sites for hydroxylation is 2. The number of hydrogen-bond donors (Lipinski definition) is 0. The predicted molar refractivity (Wildman–Crippen MR) is 126 cm³/mol. The molecule has 1 atom stereocenters. The average molecular weight is 461 g/mol. The second-order valence-corrected chi connectivity index (χ2v) is 9.26. The molecule has 0 amide bonds. The van der Waals surface area contributed by atoms with E-state index in [1.165, 1.54) is 18.2 Å². The van der Waals surface area contributed by atoms with Crippen molar-refractivity contribution in [1.29, 1.82) is 0 Å². The van der Waals surface area contributed by atoms with Crippen molar-refractivity contribution in [2.45, 2.75) is 25.9 Å². The molecule has 4 nitrogen and oxygen atoms in total. The van der Waals surface area contributed by atoms with E-state index in [0.29, 0.717) is 49.4 Å². The van der Waals surface area contributed by atoms with E-state index in [0.717, 1.165) is 16.7 Å². The van der Waals surface area contributed by atoms with E-state index < -0.39 is 11.4 Å². The molecule has 5 rings (SSSR count). The maximum absolute atomic E-state index is 14.3.